The summed E-state index contributed by atoms with van der Waals surface area (Å²) in [5.74, 6) is -0.0441. The maximum Gasteiger partial charge on any atom is 0.294 e. The summed E-state index contributed by atoms with van der Waals surface area (Å²) in [4.78, 5) is 2.37. The van der Waals surface area contributed by atoms with Crippen molar-refractivity contribution < 1.29 is 18.1 Å². The topological polar surface area (TPSA) is 77.8 Å². The lowest BCUT2D eigenvalue weighted by Gasteiger charge is -2.12. The minimum absolute atomic E-state index is 0.0441. The van der Waals surface area contributed by atoms with Crippen LogP contribution in [0.25, 0.3) is 0 Å². The van der Waals surface area contributed by atoms with Crippen LogP contribution in [0.4, 0.5) is 0 Å². The molecule has 1 aliphatic heterocycles. The minimum Gasteiger partial charge on any atom is -0.508 e. The number of hydrogen-bond acceptors (Lipinski definition) is 4. The van der Waals surface area contributed by atoms with Crippen molar-refractivity contribution in [3.63, 3.8) is 0 Å². The van der Waals surface area contributed by atoms with Crippen LogP contribution in [0.3, 0.4) is 0 Å². The Bertz CT molecular complexity index is 493. The molecular formula is C15H25NO4S. The monoisotopic (exact) mass is 315 g/mol. The lowest BCUT2D eigenvalue weighted by atomic mass is 10.2. The maximum absolute atomic E-state index is 10.4. The molecule has 1 aliphatic rings. The third-order valence-electron chi connectivity index (χ3n) is 3.41. The van der Waals surface area contributed by atoms with E-state index < -0.39 is 10.1 Å². The van der Waals surface area contributed by atoms with Crippen molar-refractivity contribution in [1.82, 2.24) is 4.90 Å². The summed E-state index contributed by atoms with van der Waals surface area (Å²) in [5.41, 5.74) is 0. The van der Waals surface area contributed by atoms with Crippen molar-refractivity contribution in [2.75, 3.05) is 19.6 Å². The van der Waals surface area contributed by atoms with Crippen LogP contribution in [-0.2, 0) is 10.1 Å². The highest BCUT2D eigenvalue weighted by molar-refractivity contribution is 7.85. The molecule has 0 amide bonds. The maximum atomic E-state index is 10.4. The molecule has 5 nitrogen and oxygen atoms in total. The van der Waals surface area contributed by atoms with E-state index in [0.717, 1.165) is 12.1 Å². The summed E-state index contributed by atoms with van der Waals surface area (Å²) in [6, 6.07) is 4.60. The summed E-state index contributed by atoms with van der Waals surface area (Å²) in [6.45, 7) is 6.35. The Hall–Kier alpha value is -1.11. The van der Waals surface area contributed by atoms with Crippen molar-refractivity contribution in [1.29, 1.82) is 0 Å². The number of hydrogen-bond donors (Lipinski definition) is 2. The third-order valence-corrected chi connectivity index (χ3v) is 4.28. The van der Waals surface area contributed by atoms with Gasteiger partial charge in [0.1, 0.15) is 5.75 Å². The molecule has 0 aromatic heterocycles. The van der Waals surface area contributed by atoms with Crippen molar-refractivity contribution in [3.05, 3.63) is 24.3 Å². The number of aromatic hydroxyl groups is 1. The zero-order chi connectivity index (χ0) is 15.7. The number of nitrogens with zero attached hydrogens (tertiary/aromatic N) is 1. The molecule has 0 saturated carbocycles. The van der Waals surface area contributed by atoms with Gasteiger partial charge < -0.3 is 10.0 Å². The molecule has 0 bridgehead atoms. The van der Waals surface area contributed by atoms with E-state index in [2.05, 4.69) is 11.8 Å². The van der Waals surface area contributed by atoms with Gasteiger partial charge in [0.15, 0.2) is 0 Å². The molecule has 120 valence electrons. The van der Waals surface area contributed by atoms with Crippen LogP contribution in [-0.4, -0.2) is 42.6 Å². The average Bonchev–Trinajstić information content (AvgIpc) is 2.92. The Morgan fingerprint density at radius 3 is 2.14 bits per heavy atom. The van der Waals surface area contributed by atoms with Gasteiger partial charge in [0.2, 0.25) is 0 Å². The zero-order valence-corrected chi connectivity index (χ0v) is 13.3. The van der Waals surface area contributed by atoms with E-state index in [9.17, 15) is 8.42 Å². The Morgan fingerprint density at radius 2 is 1.67 bits per heavy atom. The standard InChI is InChI=1S/C9H19N.C6H6O4S/c1-2-3-4-7-10-8-5-6-9-10;7-5-1-3-6(4-2-5)11(8,9)10/h2-9H2,1H3;1-4,7H,(H,8,9,10). The van der Waals surface area contributed by atoms with Gasteiger partial charge in [0.25, 0.3) is 10.1 Å². The normalized spacial score (nSPS) is 15.5. The summed E-state index contributed by atoms with van der Waals surface area (Å²) < 4.78 is 29.3. The van der Waals surface area contributed by atoms with Crippen molar-refractivity contribution >= 4 is 10.1 Å². The SMILES string of the molecule is CCCCCN1CCCC1.O=S(=O)(O)c1ccc(O)cc1. The van der Waals surface area contributed by atoms with Gasteiger partial charge in [-0.2, -0.15) is 8.42 Å². The Labute approximate surface area is 127 Å². The number of phenols is 1. The summed E-state index contributed by atoms with van der Waals surface area (Å²) in [7, 11) is -4.13. The molecule has 0 aliphatic carbocycles. The minimum atomic E-state index is -4.13. The van der Waals surface area contributed by atoms with Gasteiger partial charge in [0.05, 0.1) is 4.90 Å². The summed E-state index contributed by atoms with van der Waals surface area (Å²) >= 11 is 0. The molecular weight excluding hydrogens is 290 g/mol. The van der Waals surface area contributed by atoms with Crippen LogP contribution in [0.5, 0.6) is 5.75 Å². The fourth-order valence-electron chi connectivity index (χ4n) is 2.21. The van der Waals surface area contributed by atoms with Crippen LogP contribution in [0.2, 0.25) is 0 Å². The largest absolute Gasteiger partial charge is 0.508 e. The van der Waals surface area contributed by atoms with Crippen LogP contribution < -0.4 is 0 Å². The summed E-state index contributed by atoms with van der Waals surface area (Å²) in [5, 5.41) is 8.75. The zero-order valence-electron chi connectivity index (χ0n) is 12.5. The second-order valence-corrected chi connectivity index (χ2v) is 6.65. The number of rotatable bonds is 5. The van der Waals surface area contributed by atoms with Crippen LogP contribution in [0.1, 0.15) is 39.0 Å². The van der Waals surface area contributed by atoms with Gasteiger partial charge in [-0.05, 0) is 63.2 Å². The molecule has 2 N–H and O–H groups in total. The summed E-state index contributed by atoms with van der Waals surface area (Å²) in [6.07, 6.45) is 7.05. The van der Waals surface area contributed by atoms with E-state index in [-0.39, 0.29) is 10.6 Å². The Morgan fingerprint density at radius 1 is 1.10 bits per heavy atom. The first kappa shape index (κ1) is 17.9. The Kier molecular flexibility index (Phi) is 7.71. The Balaban J connectivity index is 0.000000211. The first-order chi connectivity index (χ1) is 9.93. The van der Waals surface area contributed by atoms with E-state index in [1.807, 2.05) is 0 Å². The highest BCUT2D eigenvalue weighted by Crippen LogP contribution is 2.13. The molecule has 6 heteroatoms. The number of benzene rings is 1. The van der Waals surface area contributed by atoms with Gasteiger partial charge in [-0.25, -0.2) is 0 Å². The fraction of sp³-hybridized carbons (Fsp3) is 0.600. The molecule has 2 rings (SSSR count). The van der Waals surface area contributed by atoms with Crippen molar-refractivity contribution in [3.8, 4) is 5.75 Å². The molecule has 1 aromatic carbocycles. The lowest BCUT2D eigenvalue weighted by Crippen LogP contribution is -2.20. The molecule has 1 fully saturated rings. The fourth-order valence-corrected chi connectivity index (χ4v) is 2.69. The lowest BCUT2D eigenvalue weighted by molar-refractivity contribution is 0.329. The smallest absolute Gasteiger partial charge is 0.294 e. The number of phenolic OH excluding ortho intramolecular Hbond substituents is 1. The van der Waals surface area contributed by atoms with E-state index in [1.54, 1.807) is 0 Å². The first-order valence-corrected chi connectivity index (χ1v) is 8.86. The highest BCUT2D eigenvalue weighted by atomic mass is 32.2. The van der Waals surface area contributed by atoms with E-state index in [4.69, 9.17) is 9.66 Å². The van der Waals surface area contributed by atoms with Gasteiger partial charge in [0, 0.05) is 0 Å². The predicted octanol–water partition coefficient (Wildman–Crippen LogP) is 2.91. The average molecular weight is 315 g/mol. The van der Waals surface area contributed by atoms with Crippen molar-refractivity contribution in [2.45, 2.75) is 43.9 Å². The second kappa shape index (κ2) is 9.02. The van der Waals surface area contributed by atoms with E-state index in [1.165, 1.54) is 63.9 Å². The number of unbranched alkanes of at least 4 members (excludes halogenated alkanes) is 2. The molecule has 0 radical (unpaired) electrons. The third kappa shape index (κ3) is 7.45. The van der Waals surface area contributed by atoms with Gasteiger partial charge in [-0.15, -0.1) is 0 Å². The first-order valence-electron chi connectivity index (χ1n) is 7.42. The van der Waals surface area contributed by atoms with Crippen LogP contribution in [0, 0.1) is 0 Å². The molecule has 21 heavy (non-hydrogen) atoms. The molecule has 0 spiro atoms. The number of likely N-dealkylation sites (tertiary alicyclic amines) is 1. The van der Waals surface area contributed by atoms with E-state index >= 15 is 0 Å². The predicted molar refractivity (Wildman–Crippen MR) is 83.1 cm³/mol. The van der Waals surface area contributed by atoms with Crippen LogP contribution >= 0.6 is 0 Å². The molecule has 1 heterocycles. The molecule has 0 atom stereocenters. The van der Waals surface area contributed by atoms with Gasteiger partial charge in [-0.3, -0.25) is 4.55 Å². The molecule has 0 unspecified atom stereocenters. The highest BCUT2D eigenvalue weighted by Gasteiger charge is 2.09. The molecule has 1 saturated heterocycles. The second-order valence-electron chi connectivity index (χ2n) is 5.22. The van der Waals surface area contributed by atoms with Gasteiger partial charge in [-0.1, -0.05) is 19.8 Å². The van der Waals surface area contributed by atoms with Gasteiger partial charge >= 0.3 is 0 Å². The van der Waals surface area contributed by atoms with Crippen molar-refractivity contribution in [2.24, 2.45) is 0 Å². The van der Waals surface area contributed by atoms with E-state index in [0.29, 0.717) is 0 Å². The molecule has 1 aromatic rings. The quantitative estimate of drug-likeness (QED) is 0.645. The van der Waals surface area contributed by atoms with Crippen LogP contribution in [0.15, 0.2) is 29.2 Å².